The molecule has 2 N–H and O–H groups in total. The molecule has 0 spiro atoms. The second-order valence-electron chi connectivity index (χ2n) is 7.26. The van der Waals surface area contributed by atoms with E-state index in [1.54, 1.807) is 12.0 Å². The summed E-state index contributed by atoms with van der Waals surface area (Å²) in [5.74, 6) is 0.869. The lowest BCUT2D eigenvalue weighted by Gasteiger charge is -2.26. The van der Waals surface area contributed by atoms with Crippen molar-refractivity contribution in [2.24, 2.45) is 0 Å². The van der Waals surface area contributed by atoms with E-state index in [-0.39, 0.29) is 18.0 Å². The zero-order chi connectivity index (χ0) is 20.8. The summed E-state index contributed by atoms with van der Waals surface area (Å²) in [6.45, 7) is 1.11. The number of methoxy groups -OCH3 is 1. The number of amides is 3. The van der Waals surface area contributed by atoms with Crippen LogP contribution in [0.1, 0.15) is 24.4 Å². The van der Waals surface area contributed by atoms with Gasteiger partial charge in [0, 0.05) is 19.5 Å². The average Bonchev–Trinajstić information content (AvgIpc) is 3.14. The summed E-state index contributed by atoms with van der Waals surface area (Å²) >= 11 is 0. The number of para-hydroxylation sites is 2. The Morgan fingerprint density at radius 3 is 2.69 bits per heavy atom. The van der Waals surface area contributed by atoms with Crippen LogP contribution in [0.25, 0.3) is 0 Å². The minimum absolute atomic E-state index is 0.00810. The molecular weight excluding hydrogens is 368 g/mol. The molecule has 1 heterocycles. The molecule has 1 aliphatic heterocycles. The summed E-state index contributed by atoms with van der Waals surface area (Å²) in [6.07, 6.45) is 1.38. The number of likely N-dealkylation sites (N-methyl/N-ethyl adjacent to an activating group) is 1. The van der Waals surface area contributed by atoms with E-state index in [0.717, 1.165) is 23.4 Å². The van der Waals surface area contributed by atoms with Crippen molar-refractivity contribution in [3.05, 3.63) is 54.1 Å². The number of nitrogens with one attached hydrogen (secondary N) is 2. The smallest absolute Gasteiger partial charge is 0.319 e. The van der Waals surface area contributed by atoms with E-state index in [1.807, 2.05) is 67.5 Å². The predicted octanol–water partition coefficient (Wildman–Crippen LogP) is 3.25. The van der Waals surface area contributed by atoms with Crippen LogP contribution in [0.2, 0.25) is 0 Å². The highest BCUT2D eigenvalue weighted by Gasteiger charge is 2.24. The van der Waals surface area contributed by atoms with Gasteiger partial charge >= 0.3 is 6.03 Å². The number of rotatable bonds is 7. The Kier molecular flexibility index (Phi) is 6.72. The third kappa shape index (κ3) is 5.06. The summed E-state index contributed by atoms with van der Waals surface area (Å²) in [4.78, 5) is 28.4. The Hall–Kier alpha value is -3.06. The lowest BCUT2D eigenvalue weighted by Crippen LogP contribution is -2.37. The Morgan fingerprint density at radius 1 is 1.21 bits per heavy atom. The maximum atomic E-state index is 12.6. The van der Waals surface area contributed by atoms with Crippen molar-refractivity contribution in [3.63, 3.8) is 0 Å². The molecule has 2 aromatic rings. The average molecular weight is 396 g/mol. The highest BCUT2D eigenvalue weighted by molar-refractivity contribution is 6.01. The van der Waals surface area contributed by atoms with Gasteiger partial charge in [0.2, 0.25) is 5.91 Å². The number of carbonyl (C=O) groups is 2. The van der Waals surface area contributed by atoms with Crippen LogP contribution in [0.4, 0.5) is 16.2 Å². The highest BCUT2D eigenvalue weighted by atomic mass is 16.5. The molecule has 0 aromatic heterocycles. The van der Waals surface area contributed by atoms with Crippen LogP contribution in [0.5, 0.6) is 5.75 Å². The van der Waals surface area contributed by atoms with Crippen LogP contribution < -0.4 is 20.3 Å². The molecule has 7 heteroatoms. The number of anilines is 2. The molecule has 1 saturated heterocycles. The van der Waals surface area contributed by atoms with E-state index in [4.69, 9.17) is 4.74 Å². The number of hydrogen-bond donors (Lipinski definition) is 2. The van der Waals surface area contributed by atoms with Gasteiger partial charge < -0.3 is 25.2 Å². The van der Waals surface area contributed by atoms with Crippen molar-refractivity contribution in [2.45, 2.75) is 18.9 Å². The van der Waals surface area contributed by atoms with E-state index in [1.165, 1.54) is 0 Å². The van der Waals surface area contributed by atoms with Crippen LogP contribution in [-0.2, 0) is 4.79 Å². The Labute approximate surface area is 171 Å². The molecule has 29 heavy (non-hydrogen) atoms. The third-order valence-corrected chi connectivity index (χ3v) is 5.07. The molecular formula is C22H28N4O3. The fraction of sp³-hybridized carbons (Fsp3) is 0.364. The zero-order valence-corrected chi connectivity index (χ0v) is 17.1. The van der Waals surface area contributed by atoms with Crippen molar-refractivity contribution in [3.8, 4) is 5.75 Å². The molecule has 3 rings (SSSR count). The summed E-state index contributed by atoms with van der Waals surface area (Å²) in [6, 6.07) is 14.9. The first-order valence-corrected chi connectivity index (χ1v) is 9.74. The van der Waals surface area contributed by atoms with E-state index >= 15 is 0 Å². The van der Waals surface area contributed by atoms with Crippen molar-refractivity contribution < 1.29 is 14.3 Å². The molecule has 1 atom stereocenters. The fourth-order valence-corrected chi connectivity index (χ4v) is 3.52. The van der Waals surface area contributed by atoms with E-state index in [2.05, 4.69) is 10.6 Å². The molecule has 3 amide bonds. The number of benzene rings is 2. The second kappa shape index (κ2) is 9.43. The lowest BCUT2D eigenvalue weighted by molar-refractivity contribution is -0.117. The Bertz CT molecular complexity index is 869. The van der Waals surface area contributed by atoms with Crippen LogP contribution in [0, 0.1) is 0 Å². The molecule has 0 bridgehead atoms. The number of urea groups is 1. The van der Waals surface area contributed by atoms with Gasteiger partial charge in [-0.15, -0.1) is 0 Å². The van der Waals surface area contributed by atoms with E-state index in [9.17, 15) is 9.59 Å². The standard InChI is InChI=1S/C22H28N4O3/c1-25(2)20(16-8-6-9-17(14-16)29-3)15-23-22(28)24-18-10-4-5-11-19(18)26-13-7-12-21(26)27/h4-6,8-11,14,20H,7,12-13,15H2,1-3H3,(H2,23,24,28). The molecule has 154 valence electrons. The normalized spacial score (nSPS) is 14.8. The predicted molar refractivity (Wildman–Crippen MR) is 114 cm³/mol. The van der Waals surface area contributed by atoms with Gasteiger partial charge in [-0.2, -0.15) is 0 Å². The van der Waals surface area contributed by atoms with Gasteiger partial charge in [-0.1, -0.05) is 24.3 Å². The Morgan fingerprint density at radius 2 is 2.00 bits per heavy atom. The first-order valence-electron chi connectivity index (χ1n) is 9.74. The maximum Gasteiger partial charge on any atom is 0.319 e. The van der Waals surface area contributed by atoms with Gasteiger partial charge in [-0.05, 0) is 50.3 Å². The quantitative estimate of drug-likeness (QED) is 0.754. The SMILES string of the molecule is COc1cccc(C(CNC(=O)Nc2ccccc2N2CCCC2=O)N(C)C)c1. The van der Waals surface area contributed by atoms with Crippen LogP contribution in [0.3, 0.4) is 0 Å². The van der Waals surface area contributed by atoms with E-state index < -0.39 is 0 Å². The lowest BCUT2D eigenvalue weighted by atomic mass is 10.1. The molecule has 7 nitrogen and oxygen atoms in total. The summed E-state index contributed by atoms with van der Waals surface area (Å²) in [5, 5.41) is 5.83. The highest BCUT2D eigenvalue weighted by Crippen LogP contribution is 2.29. The molecule has 2 aromatic carbocycles. The Balaban J connectivity index is 1.67. The summed E-state index contributed by atoms with van der Waals surface area (Å²) in [5.41, 5.74) is 2.42. The first kappa shape index (κ1) is 20.7. The first-order chi connectivity index (χ1) is 14.0. The van der Waals surface area contributed by atoms with Crippen molar-refractivity contribution in [1.29, 1.82) is 0 Å². The summed E-state index contributed by atoms with van der Waals surface area (Å²) in [7, 11) is 5.58. The number of ether oxygens (including phenoxy) is 1. The maximum absolute atomic E-state index is 12.6. The monoisotopic (exact) mass is 396 g/mol. The van der Waals surface area contributed by atoms with Crippen LogP contribution in [0.15, 0.2) is 48.5 Å². The largest absolute Gasteiger partial charge is 0.497 e. The van der Waals surface area contributed by atoms with Crippen molar-refractivity contribution >= 4 is 23.3 Å². The van der Waals surface area contributed by atoms with Gasteiger partial charge in [0.25, 0.3) is 0 Å². The topological polar surface area (TPSA) is 73.9 Å². The minimum atomic E-state index is -0.307. The minimum Gasteiger partial charge on any atom is -0.497 e. The van der Waals surface area contributed by atoms with Gasteiger partial charge in [0.15, 0.2) is 0 Å². The molecule has 0 saturated carbocycles. The van der Waals surface area contributed by atoms with Gasteiger partial charge in [-0.3, -0.25) is 4.79 Å². The molecule has 0 aliphatic carbocycles. The molecule has 0 radical (unpaired) electrons. The third-order valence-electron chi connectivity index (χ3n) is 5.07. The zero-order valence-electron chi connectivity index (χ0n) is 17.1. The van der Waals surface area contributed by atoms with Gasteiger partial charge in [0.1, 0.15) is 5.75 Å². The second-order valence-corrected chi connectivity index (χ2v) is 7.26. The van der Waals surface area contributed by atoms with Gasteiger partial charge in [0.05, 0.1) is 24.5 Å². The number of carbonyl (C=O) groups excluding carboxylic acids is 2. The number of hydrogen-bond acceptors (Lipinski definition) is 4. The fourth-order valence-electron chi connectivity index (χ4n) is 3.52. The van der Waals surface area contributed by atoms with E-state index in [0.29, 0.717) is 25.2 Å². The van der Waals surface area contributed by atoms with Crippen molar-refractivity contribution in [2.75, 3.05) is 44.5 Å². The molecule has 1 unspecified atom stereocenters. The van der Waals surface area contributed by atoms with Gasteiger partial charge in [-0.25, -0.2) is 4.79 Å². The van der Waals surface area contributed by atoms with Crippen LogP contribution >= 0.6 is 0 Å². The number of nitrogens with zero attached hydrogens (tertiary/aromatic N) is 2. The molecule has 1 aliphatic rings. The molecule has 1 fully saturated rings. The van der Waals surface area contributed by atoms with Crippen LogP contribution in [-0.4, -0.2) is 51.1 Å². The van der Waals surface area contributed by atoms with Crippen molar-refractivity contribution in [1.82, 2.24) is 10.2 Å². The summed E-state index contributed by atoms with van der Waals surface area (Å²) < 4.78 is 5.31.